The van der Waals surface area contributed by atoms with Crippen molar-refractivity contribution in [1.82, 2.24) is 0 Å². The van der Waals surface area contributed by atoms with Crippen LogP contribution in [0.3, 0.4) is 0 Å². The van der Waals surface area contributed by atoms with Crippen LogP contribution in [0.1, 0.15) is 194 Å². The SMILES string of the molecule is CC/C=C\C/C=C\C/C=C\C/C=C\C/C=C\CCCC(=O)OCC(COC(=O)CCCCCCC\C=C/C=C\C=C/C=C\CCCCC)OC(=O)CCC/C=C\C/C=C\C/C=C\C/C=C\C/C=C\CC. The van der Waals surface area contributed by atoms with Crippen LogP contribution in [0, 0.1) is 0 Å². The molecule has 0 spiro atoms. The first kappa shape index (κ1) is 64.8. The summed E-state index contributed by atoms with van der Waals surface area (Å²) < 4.78 is 16.7. The zero-order valence-electron chi connectivity index (χ0n) is 44.2. The monoisotopic (exact) mass is 961 g/mol. The highest BCUT2D eigenvalue weighted by Crippen LogP contribution is 2.11. The highest BCUT2D eigenvalue weighted by Gasteiger charge is 2.19. The molecule has 0 aliphatic carbocycles. The fourth-order valence-electron chi connectivity index (χ4n) is 6.52. The molecular weight excluding hydrogens is 865 g/mol. The normalized spacial score (nSPS) is 13.5. The summed E-state index contributed by atoms with van der Waals surface area (Å²) in [5, 5.41) is 0. The molecule has 1 unspecified atom stereocenters. The maximum absolute atomic E-state index is 12.8. The Kier molecular flexibility index (Phi) is 52.1. The van der Waals surface area contributed by atoms with Gasteiger partial charge in [0, 0.05) is 19.3 Å². The molecular formula is C64H96O6. The van der Waals surface area contributed by atoms with Crippen molar-refractivity contribution in [3.63, 3.8) is 0 Å². The molecule has 0 aliphatic rings. The Morgan fingerprint density at radius 1 is 0.314 bits per heavy atom. The maximum atomic E-state index is 12.8. The summed E-state index contributed by atoms with van der Waals surface area (Å²) in [7, 11) is 0. The predicted octanol–water partition coefficient (Wildman–Crippen LogP) is 18.4. The number of hydrogen-bond acceptors (Lipinski definition) is 6. The lowest BCUT2D eigenvalue weighted by molar-refractivity contribution is -0.167. The van der Waals surface area contributed by atoms with Crippen LogP contribution in [0.4, 0.5) is 0 Å². The Morgan fingerprint density at radius 2 is 0.629 bits per heavy atom. The lowest BCUT2D eigenvalue weighted by Gasteiger charge is -2.18. The van der Waals surface area contributed by atoms with Gasteiger partial charge in [-0.2, -0.15) is 0 Å². The summed E-state index contributed by atoms with van der Waals surface area (Å²) in [4.78, 5) is 38.1. The van der Waals surface area contributed by atoms with Gasteiger partial charge in [0.1, 0.15) is 13.2 Å². The number of allylic oxidation sites excluding steroid dienone is 28. The average molecular weight is 961 g/mol. The van der Waals surface area contributed by atoms with E-state index in [1.165, 1.54) is 19.3 Å². The van der Waals surface area contributed by atoms with Crippen LogP contribution in [0.2, 0.25) is 0 Å². The molecule has 0 saturated heterocycles. The van der Waals surface area contributed by atoms with Crippen LogP contribution in [-0.4, -0.2) is 37.2 Å². The first-order valence-electron chi connectivity index (χ1n) is 27.2. The minimum Gasteiger partial charge on any atom is -0.462 e. The van der Waals surface area contributed by atoms with Crippen LogP contribution in [0.25, 0.3) is 0 Å². The van der Waals surface area contributed by atoms with Gasteiger partial charge in [0.15, 0.2) is 6.10 Å². The second-order valence-electron chi connectivity index (χ2n) is 17.1. The molecule has 6 nitrogen and oxygen atoms in total. The van der Waals surface area contributed by atoms with Gasteiger partial charge in [-0.25, -0.2) is 0 Å². The van der Waals surface area contributed by atoms with Gasteiger partial charge in [-0.1, -0.05) is 223 Å². The second-order valence-corrected chi connectivity index (χ2v) is 17.1. The van der Waals surface area contributed by atoms with Crippen LogP contribution in [0.5, 0.6) is 0 Å². The van der Waals surface area contributed by atoms with Crippen molar-refractivity contribution in [2.75, 3.05) is 13.2 Å². The number of hydrogen-bond donors (Lipinski definition) is 0. The van der Waals surface area contributed by atoms with Crippen molar-refractivity contribution >= 4 is 17.9 Å². The van der Waals surface area contributed by atoms with Gasteiger partial charge in [0.2, 0.25) is 0 Å². The van der Waals surface area contributed by atoms with Gasteiger partial charge < -0.3 is 14.2 Å². The van der Waals surface area contributed by atoms with Crippen molar-refractivity contribution in [2.24, 2.45) is 0 Å². The molecule has 1 atom stereocenters. The molecule has 0 fully saturated rings. The topological polar surface area (TPSA) is 78.9 Å². The Morgan fingerprint density at radius 3 is 1.04 bits per heavy atom. The van der Waals surface area contributed by atoms with Crippen molar-refractivity contribution in [2.45, 2.75) is 200 Å². The number of ether oxygens (including phenoxy) is 3. The van der Waals surface area contributed by atoms with Gasteiger partial charge >= 0.3 is 17.9 Å². The smallest absolute Gasteiger partial charge is 0.306 e. The lowest BCUT2D eigenvalue weighted by atomic mass is 10.1. The first-order valence-corrected chi connectivity index (χ1v) is 27.2. The second kappa shape index (κ2) is 56.4. The van der Waals surface area contributed by atoms with E-state index < -0.39 is 12.1 Å². The molecule has 0 aromatic heterocycles. The highest BCUT2D eigenvalue weighted by atomic mass is 16.6. The molecule has 0 aliphatic heterocycles. The summed E-state index contributed by atoms with van der Waals surface area (Å²) in [5.41, 5.74) is 0. The average Bonchev–Trinajstić information content (AvgIpc) is 3.36. The van der Waals surface area contributed by atoms with Gasteiger partial charge in [0.25, 0.3) is 0 Å². The molecule has 0 amide bonds. The third-order valence-electron chi connectivity index (χ3n) is 10.5. The summed E-state index contributed by atoms with van der Waals surface area (Å²) >= 11 is 0. The largest absolute Gasteiger partial charge is 0.462 e. The summed E-state index contributed by atoms with van der Waals surface area (Å²) in [6, 6.07) is 0. The van der Waals surface area contributed by atoms with Crippen molar-refractivity contribution in [3.05, 3.63) is 170 Å². The van der Waals surface area contributed by atoms with E-state index in [1.54, 1.807) is 0 Å². The number of carbonyl (C=O) groups is 3. The fourth-order valence-corrected chi connectivity index (χ4v) is 6.52. The third-order valence-corrected chi connectivity index (χ3v) is 10.5. The summed E-state index contributed by atoms with van der Waals surface area (Å²) in [6.07, 6.45) is 83.4. The van der Waals surface area contributed by atoms with Gasteiger partial charge in [-0.05, 0) is 122 Å². The fraction of sp³-hybridized carbons (Fsp3) is 0.516. The predicted molar refractivity (Wildman–Crippen MR) is 301 cm³/mol. The number of unbranched alkanes of at least 4 members (excludes halogenated alkanes) is 10. The highest BCUT2D eigenvalue weighted by molar-refractivity contribution is 5.71. The van der Waals surface area contributed by atoms with Crippen LogP contribution in [0.15, 0.2) is 170 Å². The van der Waals surface area contributed by atoms with E-state index >= 15 is 0 Å². The van der Waals surface area contributed by atoms with E-state index in [2.05, 4.69) is 191 Å². The standard InChI is InChI=1S/C64H96O6/c1-4-7-10-13-16-19-22-25-28-31-34-36-39-42-45-48-51-54-57-63(66)69-60-61(70-64(67)58-55-52-49-46-43-40-37-33-30-27-24-21-18-15-12-9-6-3)59-68-62(65)56-53-50-47-44-41-38-35-32-29-26-23-20-17-14-11-8-5-2/h8-9,11-12,16-22,25-31,34-38,40,44,46-47,49,61H,4-7,10,13-15,23-24,32-33,39,41-43,45,48,50-60H2,1-3H3/b11-8-,12-9-,19-16-,20-17-,21-18-,25-22-,29-26-,30-27-,31-28-,36-34-,38-35-,40-37-,47-44-,49-46-. The first-order chi connectivity index (χ1) is 34.5. The minimum atomic E-state index is -0.851. The summed E-state index contributed by atoms with van der Waals surface area (Å²) in [6.45, 7) is 6.23. The quantitative estimate of drug-likeness (QED) is 0.0199. The van der Waals surface area contributed by atoms with Crippen LogP contribution in [-0.2, 0) is 28.6 Å². The molecule has 0 N–H and O–H groups in total. The number of rotatable bonds is 46. The minimum absolute atomic E-state index is 0.140. The van der Waals surface area contributed by atoms with Crippen molar-refractivity contribution in [1.29, 1.82) is 0 Å². The third kappa shape index (κ3) is 53.7. The van der Waals surface area contributed by atoms with E-state index in [0.717, 1.165) is 122 Å². The Labute approximate surface area is 428 Å². The molecule has 6 heteroatoms. The van der Waals surface area contributed by atoms with Crippen LogP contribution >= 0.6 is 0 Å². The molecule has 0 aromatic carbocycles. The van der Waals surface area contributed by atoms with Gasteiger partial charge in [-0.15, -0.1) is 0 Å². The van der Waals surface area contributed by atoms with Gasteiger partial charge in [0.05, 0.1) is 0 Å². The number of carbonyl (C=O) groups excluding carboxylic acids is 3. The molecule has 70 heavy (non-hydrogen) atoms. The lowest BCUT2D eigenvalue weighted by Crippen LogP contribution is -2.30. The molecule has 0 rings (SSSR count). The zero-order valence-corrected chi connectivity index (χ0v) is 44.2. The Bertz CT molecular complexity index is 1670. The van der Waals surface area contributed by atoms with Gasteiger partial charge in [-0.3, -0.25) is 14.4 Å². The molecule has 0 heterocycles. The molecule has 0 aromatic rings. The Balaban J connectivity index is 4.66. The maximum Gasteiger partial charge on any atom is 0.306 e. The van der Waals surface area contributed by atoms with E-state index in [4.69, 9.17) is 14.2 Å². The van der Waals surface area contributed by atoms with Crippen molar-refractivity contribution < 1.29 is 28.6 Å². The zero-order chi connectivity index (χ0) is 50.7. The van der Waals surface area contributed by atoms with E-state index in [1.807, 2.05) is 0 Å². The number of esters is 3. The molecule has 0 radical (unpaired) electrons. The van der Waals surface area contributed by atoms with E-state index in [-0.39, 0.29) is 38.0 Å². The van der Waals surface area contributed by atoms with E-state index in [0.29, 0.717) is 19.3 Å². The van der Waals surface area contributed by atoms with Crippen molar-refractivity contribution in [3.8, 4) is 0 Å². The van der Waals surface area contributed by atoms with E-state index in [9.17, 15) is 14.4 Å². The molecule has 388 valence electrons. The molecule has 0 saturated carbocycles. The van der Waals surface area contributed by atoms with Crippen LogP contribution < -0.4 is 0 Å². The molecule has 0 bridgehead atoms. The summed E-state index contributed by atoms with van der Waals surface area (Å²) in [5.74, 6) is -1.09. The Hall–Kier alpha value is -5.23.